The van der Waals surface area contributed by atoms with Gasteiger partial charge >= 0.3 is 5.97 Å². The van der Waals surface area contributed by atoms with Gasteiger partial charge in [-0.05, 0) is 13.3 Å². The highest BCUT2D eigenvalue weighted by Crippen LogP contribution is 2.05. The number of hydrogen-bond donors (Lipinski definition) is 0. The molecule has 0 saturated heterocycles. The second kappa shape index (κ2) is 8.60. The molecule has 0 atom stereocenters. The topological polar surface area (TPSA) is 75.5 Å². The summed E-state index contributed by atoms with van der Waals surface area (Å²) in [6, 6.07) is 0. The third-order valence-corrected chi connectivity index (χ3v) is 2.49. The molecule has 0 radical (unpaired) electrons. The van der Waals surface area contributed by atoms with Crippen molar-refractivity contribution in [3.05, 3.63) is 11.4 Å². The van der Waals surface area contributed by atoms with Gasteiger partial charge in [0.25, 0.3) is 0 Å². The van der Waals surface area contributed by atoms with Gasteiger partial charge in [-0.3, -0.25) is 0 Å². The lowest BCUT2D eigenvalue weighted by Gasteiger charge is -2.05. The molecule has 1 rings (SSSR count). The molecule has 1 aromatic heterocycles. The lowest BCUT2D eigenvalue weighted by atomic mass is 10.3. The number of hydrogen-bond acceptors (Lipinski definition) is 6. The molecule has 7 nitrogen and oxygen atoms in total. The van der Waals surface area contributed by atoms with Crippen molar-refractivity contribution in [1.29, 1.82) is 0 Å². The smallest absolute Gasteiger partial charge is 0.360 e. The van der Waals surface area contributed by atoms with Crippen molar-refractivity contribution >= 4 is 5.97 Å². The molecule has 0 fully saturated rings. The molecule has 108 valence electrons. The molecule has 0 aliphatic rings. The first kappa shape index (κ1) is 15.6. The fourth-order valence-corrected chi connectivity index (χ4v) is 1.44. The van der Waals surface area contributed by atoms with E-state index in [4.69, 9.17) is 14.2 Å². The largest absolute Gasteiger partial charge is 0.458 e. The molecule has 0 aromatic carbocycles. The summed E-state index contributed by atoms with van der Waals surface area (Å²) in [7, 11) is 1.55. The summed E-state index contributed by atoms with van der Waals surface area (Å²) in [4.78, 5) is 11.7. The second-order valence-electron chi connectivity index (χ2n) is 3.99. The molecule has 0 spiro atoms. The standard InChI is InChI=1S/C12H21N3O4/c1-4-6-18-7-5-15-10(2)11(13-14-15)12(16)19-9-8-17-3/h4-9H2,1-3H3. The maximum absolute atomic E-state index is 11.7. The van der Waals surface area contributed by atoms with Gasteiger partial charge in [0.15, 0.2) is 5.69 Å². The average molecular weight is 271 g/mol. The number of carbonyl (C=O) groups is 1. The number of rotatable bonds is 9. The molecule has 0 aliphatic carbocycles. The Bertz CT molecular complexity index is 392. The molecule has 1 aromatic rings. The van der Waals surface area contributed by atoms with Gasteiger partial charge in [0.05, 0.1) is 25.5 Å². The summed E-state index contributed by atoms with van der Waals surface area (Å²) in [6.07, 6.45) is 0.980. The minimum Gasteiger partial charge on any atom is -0.458 e. The Labute approximate surface area is 112 Å². The van der Waals surface area contributed by atoms with Crippen LogP contribution in [0.3, 0.4) is 0 Å². The van der Waals surface area contributed by atoms with Crippen molar-refractivity contribution in [2.24, 2.45) is 0 Å². The Kier molecular flexibility index (Phi) is 7.06. The van der Waals surface area contributed by atoms with E-state index >= 15 is 0 Å². The van der Waals surface area contributed by atoms with Gasteiger partial charge in [-0.2, -0.15) is 0 Å². The second-order valence-corrected chi connectivity index (χ2v) is 3.99. The molecule has 1 heterocycles. The van der Waals surface area contributed by atoms with Crippen LogP contribution in [0.25, 0.3) is 0 Å². The SMILES string of the molecule is CCCOCCn1nnc(C(=O)OCCOC)c1C. The molecule has 0 N–H and O–H groups in total. The van der Waals surface area contributed by atoms with E-state index in [1.807, 2.05) is 0 Å². The van der Waals surface area contributed by atoms with Crippen LogP contribution in [-0.4, -0.2) is 54.5 Å². The quantitative estimate of drug-likeness (QED) is 0.489. The van der Waals surface area contributed by atoms with Crippen molar-refractivity contribution < 1.29 is 19.0 Å². The number of methoxy groups -OCH3 is 1. The number of ether oxygens (including phenoxy) is 3. The third-order valence-electron chi connectivity index (χ3n) is 2.49. The Morgan fingerprint density at radius 1 is 1.26 bits per heavy atom. The molecular weight excluding hydrogens is 250 g/mol. The number of aromatic nitrogens is 3. The minimum atomic E-state index is -0.477. The zero-order valence-electron chi connectivity index (χ0n) is 11.7. The van der Waals surface area contributed by atoms with Crippen molar-refractivity contribution in [3.8, 4) is 0 Å². The van der Waals surface area contributed by atoms with E-state index in [1.165, 1.54) is 0 Å². The normalized spacial score (nSPS) is 10.7. The maximum atomic E-state index is 11.7. The van der Waals surface area contributed by atoms with E-state index in [9.17, 15) is 4.79 Å². The van der Waals surface area contributed by atoms with Crippen LogP contribution in [0.1, 0.15) is 29.5 Å². The number of carbonyl (C=O) groups excluding carboxylic acids is 1. The Morgan fingerprint density at radius 3 is 2.74 bits per heavy atom. The number of nitrogens with zero attached hydrogens (tertiary/aromatic N) is 3. The average Bonchev–Trinajstić information content (AvgIpc) is 2.76. The molecule has 0 unspecified atom stereocenters. The van der Waals surface area contributed by atoms with E-state index in [1.54, 1.807) is 18.7 Å². The van der Waals surface area contributed by atoms with E-state index < -0.39 is 5.97 Å². The van der Waals surface area contributed by atoms with Gasteiger partial charge in [0, 0.05) is 13.7 Å². The Morgan fingerprint density at radius 2 is 2.05 bits per heavy atom. The van der Waals surface area contributed by atoms with E-state index in [2.05, 4.69) is 17.2 Å². The predicted molar refractivity (Wildman–Crippen MR) is 68.0 cm³/mol. The number of esters is 1. The first-order chi connectivity index (χ1) is 9.20. The fraction of sp³-hybridized carbons (Fsp3) is 0.750. The van der Waals surface area contributed by atoms with Gasteiger partial charge in [-0.1, -0.05) is 12.1 Å². The summed E-state index contributed by atoms with van der Waals surface area (Å²) >= 11 is 0. The van der Waals surface area contributed by atoms with Crippen molar-refractivity contribution in [2.75, 3.05) is 33.5 Å². The zero-order valence-corrected chi connectivity index (χ0v) is 11.7. The summed E-state index contributed by atoms with van der Waals surface area (Å²) in [5.74, 6) is -0.477. The van der Waals surface area contributed by atoms with Crippen LogP contribution in [0.2, 0.25) is 0 Å². The van der Waals surface area contributed by atoms with Crippen LogP contribution < -0.4 is 0 Å². The molecule has 0 aliphatic heterocycles. The Hall–Kier alpha value is -1.47. The first-order valence-corrected chi connectivity index (χ1v) is 6.34. The fourth-order valence-electron chi connectivity index (χ4n) is 1.44. The van der Waals surface area contributed by atoms with Gasteiger partial charge in [-0.25, -0.2) is 9.48 Å². The van der Waals surface area contributed by atoms with Crippen LogP contribution in [0.5, 0.6) is 0 Å². The highest BCUT2D eigenvalue weighted by molar-refractivity contribution is 5.88. The highest BCUT2D eigenvalue weighted by atomic mass is 16.6. The monoisotopic (exact) mass is 271 g/mol. The van der Waals surface area contributed by atoms with E-state index in [0.717, 1.165) is 13.0 Å². The van der Waals surface area contributed by atoms with Crippen molar-refractivity contribution in [1.82, 2.24) is 15.0 Å². The third kappa shape index (κ3) is 4.96. The van der Waals surface area contributed by atoms with Gasteiger partial charge in [0.2, 0.25) is 0 Å². The lowest BCUT2D eigenvalue weighted by molar-refractivity contribution is 0.0380. The molecule has 0 amide bonds. The maximum Gasteiger partial charge on any atom is 0.360 e. The van der Waals surface area contributed by atoms with E-state index in [-0.39, 0.29) is 12.3 Å². The molecule has 0 bridgehead atoms. The van der Waals surface area contributed by atoms with E-state index in [0.29, 0.717) is 25.5 Å². The molecule has 0 saturated carbocycles. The van der Waals surface area contributed by atoms with Crippen LogP contribution in [-0.2, 0) is 20.8 Å². The molecule has 19 heavy (non-hydrogen) atoms. The highest BCUT2D eigenvalue weighted by Gasteiger charge is 2.17. The van der Waals surface area contributed by atoms with Gasteiger partial charge < -0.3 is 14.2 Å². The lowest BCUT2D eigenvalue weighted by Crippen LogP contribution is -2.13. The molecular formula is C12H21N3O4. The first-order valence-electron chi connectivity index (χ1n) is 6.34. The minimum absolute atomic E-state index is 0.210. The van der Waals surface area contributed by atoms with Crippen LogP contribution in [0, 0.1) is 6.92 Å². The van der Waals surface area contributed by atoms with Gasteiger partial charge in [-0.15, -0.1) is 5.10 Å². The van der Waals surface area contributed by atoms with Crippen LogP contribution in [0.15, 0.2) is 0 Å². The van der Waals surface area contributed by atoms with Crippen molar-refractivity contribution in [3.63, 3.8) is 0 Å². The predicted octanol–water partition coefficient (Wildman–Crippen LogP) is 0.816. The summed E-state index contributed by atoms with van der Waals surface area (Å²) in [5, 5.41) is 7.75. The van der Waals surface area contributed by atoms with Crippen LogP contribution in [0.4, 0.5) is 0 Å². The molecule has 7 heteroatoms. The van der Waals surface area contributed by atoms with Crippen LogP contribution >= 0.6 is 0 Å². The zero-order chi connectivity index (χ0) is 14.1. The van der Waals surface area contributed by atoms with Gasteiger partial charge in [0.1, 0.15) is 6.61 Å². The summed E-state index contributed by atoms with van der Waals surface area (Å²) in [5.41, 5.74) is 0.925. The van der Waals surface area contributed by atoms with Crippen molar-refractivity contribution in [2.45, 2.75) is 26.8 Å². The Balaban J connectivity index is 2.47. The summed E-state index contributed by atoms with van der Waals surface area (Å²) in [6.45, 7) is 6.26. The summed E-state index contributed by atoms with van der Waals surface area (Å²) < 4.78 is 16.8.